The molecule has 0 saturated heterocycles. The number of nitrogens with zero attached hydrogens (tertiary/aromatic N) is 10. The Hall–Kier alpha value is -4.28. The van der Waals surface area contributed by atoms with E-state index in [1.165, 1.54) is 143 Å². The number of fused-ring (bicyclic) bond motifs is 32. The molecule has 10 radical (unpaired) electrons. The van der Waals surface area contributed by atoms with Gasteiger partial charge in [-0.1, -0.05) is 243 Å². The molecule has 0 aliphatic heterocycles. The van der Waals surface area contributed by atoms with Crippen molar-refractivity contribution in [2.24, 2.45) is 21.7 Å². The third kappa shape index (κ3) is 27.9. The van der Waals surface area contributed by atoms with E-state index in [9.17, 15) is 0 Å². The molecule has 12 aromatic carbocycles. The van der Waals surface area contributed by atoms with Crippen LogP contribution in [-0.2, 0) is 290 Å². The molecule has 0 bridgehead atoms. The Balaban J connectivity index is 0.000000457. The van der Waals surface area contributed by atoms with Gasteiger partial charge in [0.05, 0.1) is 45.0 Å². The molecule has 0 unspecified atom stereocenters. The second-order valence-corrected chi connectivity index (χ2v) is 41.4. The quantitative estimate of drug-likeness (QED) is 0.112. The number of imidazole rings is 5. The zero-order chi connectivity index (χ0) is 89.9. The Morgan fingerprint density at radius 2 is 0.608 bits per heavy atom. The summed E-state index contributed by atoms with van der Waals surface area (Å²) in [5.41, 5.74) is 30.9. The summed E-state index contributed by atoms with van der Waals surface area (Å²) in [5, 5.41) is 17.9. The molecule has 143 heavy (non-hydrogen) atoms. The number of para-hydroxylation sites is 2. The Kier molecular flexibility index (Phi) is 50.5. The number of rotatable bonds is 8. The molecular weight excluding hydrogens is 3020 g/mol. The summed E-state index contributed by atoms with van der Waals surface area (Å²) in [6.07, 6.45) is 10.5. The molecule has 0 atom stereocenters. The fourth-order valence-electron chi connectivity index (χ4n) is 19.4. The van der Waals surface area contributed by atoms with Crippen LogP contribution in [0.25, 0.3) is 159 Å². The van der Waals surface area contributed by atoms with Crippen LogP contribution in [0.5, 0.6) is 0 Å². The van der Waals surface area contributed by atoms with Crippen LogP contribution in [-0.4, -0.2) is 46.9 Å². The van der Waals surface area contributed by atoms with E-state index in [1.54, 1.807) is 0 Å². The number of benzene rings is 12. The zero-order valence-corrected chi connectivity index (χ0v) is 114. The summed E-state index contributed by atoms with van der Waals surface area (Å²) in [6, 6.07) is 97.5. The summed E-state index contributed by atoms with van der Waals surface area (Å²) >= 11 is 0. The first kappa shape index (κ1) is 133. The van der Waals surface area contributed by atoms with Gasteiger partial charge < -0.3 is 59.1 Å². The van der Waals surface area contributed by atoms with Crippen LogP contribution in [0.3, 0.4) is 0 Å². The molecule has 0 N–H and O–H groups in total. The molecule has 0 aliphatic carbocycles. The first-order chi connectivity index (χ1) is 61.1. The molecule has 22 aromatic rings. The van der Waals surface area contributed by atoms with Gasteiger partial charge in [0.1, 0.15) is 0 Å². The average molecular weight is 3160 g/mol. The topological polar surface area (TPSA) is 86.5 Å². The molecule has 0 amide bonds. The Morgan fingerprint density at radius 3 is 1.01 bits per heavy atom. The van der Waals surface area contributed by atoms with E-state index in [2.05, 4.69) is 396 Å². The molecule has 0 fully saturated rings. The van der Waals surface area contributed by atoms with Gasteiger partial charge in [0.15, 0.2) is 0 Å². The molecule has 0 spiro atoms. The Bertz CT molecular complexity index is 8040. The van der Waals surface area contributed by atoms with Crippen molar-refractivity contribution in [1.82, 2.24) is 46.9 Å². The molecule has 10 heterocycles. The number of aromatic nitrogens is 10. The van der Waals surface area contributed by atoms with Gasteiger partial charge in [0.25, 0.3) is 0 Å². The van der Waals surface area contributed by atoms with Crippen LogP contribution in [0, 0.1) is 117 Å². The van der Waals surface area contributed by atoms with Gasteiger partial charge in [-0.2, -0.15) is 0 Å². The van der Waals surface area contributed by atoms with Crippen LogP contribution in [0.15, 0.2) is 243 Å². The van der Waals surface area contributed by atoms with Gasteiger partial charge in [-0.3, -0.25) is 24.9 Å². The molecular formula is C123H132Ir5N10Y5-10. The standard InChI is InChI=1S/C35H41N2.C29H31N2.C21H21N2.C17H13N2.C16H11N2.5CH3.5Ir.5Y/c1-21(2)25-17-28(22(3)4)33(29(18-25)23(5)6)32-20-36-34-27-13-11-10-12-26(27)30-16-24(19-35(7,8)9)14-15-31(30)37(32)34;1-28(2,3)17-19-12-14-25-23(15-19)21-9-7-8-10-22(21)27-30-24-13-11-20(18-29(4,5)6)16-26(24)31(25)27;1-14-13-23-19-10-9-15(12-21(2,3)4)11-18(19)16-7-5-6-8-17(16)20(23)22-14;1-11-12(2)19-16-10-6-5-8-14(16)13-7-3-4-9-15(13)17(19)18-11;1-11-10-18-15-9-5-4-7-13(15)12-6-2-3-8-14(12)16(18)17-11;;;;;;;;;;;;;;;/h10-12,14-18,20-23H,19H2,1-9H3;7-9,11-16H,17-18H2,1-6H3;5-7,9-11,13H,12H2,1-4H3;3-8,10H,1-2H3;2-7,9-10H,1H3;5*1H3;;;;;;;;;;/q10*-1;;;;;;;;;;. The minimum atomic E-state index is 0. The Morgan fingerprint density at radius 1 is 0.294 bits per heavy atom. The van der Waals surface area contributed by atoms with Crippen molar-refractivity contribution in [3.8, 4) is 11.3 Å². The SMILES string of the molecule is CC(C)(C)Cc1ccc2c(c1)c1ccc[c-]c1c1nc3ccc(CC(C)(C)C)cc3n21.CC(C)c1cc(C(C)C)c(-c2cnc3c4[c-]cccc4c4cc(CC(C)(C)C)ccc4n23)c(C(C)C)c1.Cc1cn2c3ccc(CC(C)(C)C)cc3c3ccc[c-]c3c2n1.Cc1cn2c3ccccc3c3ccc[c-]c3c2n1.Cc1nc2c3[c-]cccc3c3ccccc3n2c1C.[CH3-].[CH3-].[CH3-].[CH3-].[CH3-].[Ir].[Ir].[Ir].[Ir].[Ir].[Y].[Y].[Y].[Y].[Y]. The van der Waals surface area contributed by atoms with E-state index in [0.717, 1.165) is 103 Å². The molecule has 744 valence electrons. The predicted octanol–water partition coefficient (Wildman–Crippen LogP) is 33.2. The van der Waals surface area contributed by atoms with Gasteiger partial charge in [-0.25, -0.2) is 0 Å². The summed E-state index contributed by atoms with van der Waals surface area (Å²) in [7, 11) is 0. The minimum absolute atomic E-state index is 0. The summed E-state index contributed by atoms with van der Waals surface area (Å²) in [6.45, 7) is 49.6. The zero-order valence-electron chi connectivity index (χ0n) is 88.2. The minimum Gasteiger partial charge on any atom is -0.358 e. The largest absolute Gasteiger partial charge is 0.358 e. The Labute approximate surface area is 1040 Å². The van der Waals surface area contributed by atoms with E-state index in [4.69, 9.17) is 19.9 Å². The molecule has 0 aliphatic rings. The first-order valence-electron chi connectivity index (χ1n) is 45.7. The van der Waals surface area contributed by atoms with Crippen molar-refractivity contribution in [2.75, 3.05) is 0 Å². The second kappa shape index (κ2) is 54.3. The molecule has 0 saturated carbocycles. The molecule has 22 rings (SSSR count). The van der Waals surface area contributed by atoms with E-state index < -0.39 is 0 Å². The van der Waals surface area contributed by atoms with Crippen LogP contribution >= 0.6 is 0 Å². The third-order valence-electron chi connectivity index (χ3n) is 24.9. The molecule has 10 aromatic heterocycles. The van der Waals surface area contributed by atoms with Gasteiger partial charge in [0, 0.05) is 339 Å². The fraction of sp³-hybridized carbons (Fsp3) is 0.268. The van der Waals surface area contributed by atoms with Crippen molar-refractivity contribution in [1.29, 1.82) is 0 Å². The van der Waals surface area contributed by atoms with Gasteiger partial charge in [-0.05, 0) is 201 Å². The molecule has 10 nitrogen and oxygen atoms in total. The summed E-state index contributed by atoms with van der Waals surface area (Å²) in [5.74, 6) is 1.31. The van der Waals surface area contributed by atoms with Gasteiger partial charge in [-0.15, -0.1) is 148 Å². The van der Waals surface area contributed by atoms with Crippen molar-refractivity contribution in [3.05, 3.63) is 372 Å². The van der Waals surface area contributed by atoms with Gasteiger partial charge in [0.2, 0.25) is 0 Å². The molecule has 20 heteroatoms. The predicted molar refractivity (Wildman–Crippen MR) is 574 cm³/mol. The maximum Gasteiger partial charge on any atom is 0.0774 e. The van der Waals surface area contributed by atoms with Crippen molar-refractivity contribution < 1.29 is 264 Å². The van der Waals surface area contributed by atoms with Crippen molar-refractivity contribution in [2.45, 2.75) is 196 Å². The van der Waals surface area contributed by atoms with E-state index in [-0.39, 0.29) is 323 Å². The smallest absolute Gasteiger partial charge is 0.0774 e. The number of aryl methyl sites for hydroxylation is 4. The average Bonchev–Trinajstić information content (AvgIpc) is 1.56. The van der Waals surface area contributed by atoms with Crippen LogP contribution < -0.4 is 0 Å². The number of hydrogen-bond donors (Lipinski definition) is 0. The first-order valence-corrected chi connectivity index (χ1v) is 45.7. The van der Waals surface area contributed by atoms with E-state index in [1.807, 2.05) is 56.3 Å². The van der Waals surface area contributed by atoms with E-state index >= 15 is 0 Å². The monoisotopic (exact) mass is 3160 g/mol. The van der Waals surface area contributed by atoms with Crippen molar-refractivity contribution >= 4 is 148 Å². The maximum absolute atomic E-state index is 5.05. The fourth-order valence-corrected chi connectivity index (χ4v) is 19.4. The summed E-state index contributed by atoms with van der Waals surface area (Å²) < 4.78 is 11.3. The van der Waals surface area contributed by atoms with Crippen LogP contribution in [0.4, 0.5) is 0 Å². The normalized spacial score (nSPS) is 11.2. The van der Waals surface area contributed by atoms with Crippen molar-refractivity contribution in [3.63, 3.8) is 0 Å². The second-order valence-electron chi connectivity index (χ2n) is 41.4. The third-order valence-corrected chi connectivity index (χ3v) is 24.9. The van der Waals surface area contributed by atoms with E-state index in [0.29, 0.717) is 17.8 Å². The van der Waals surface area contributed by atoms with Crippen LogP contribution in [0.2, 0.25) is 0 Å². The summed E-state index contributed by atoms with van der Waals surface area (Å²) in [4.78, 5) is 24.1. The van der Waals surface area contributed by atoms with Crippen LogP contribution in [0.1, 0.15) is 204 Å². The van der Waals surface area contributed by atoms with Gasteiger partial charge >= 0.3 is 0 Å². The maximum atomic E-state index is 5.05. The number of hydrogen-bond acceptors (Lipinski definition) is 5. The number of pyridine rings is 5.